The molecule has 0 bridgehead atoms. The Hall–Kier alpha value is -4.33. The fourth-order valence-corrected chi connectivity index (χ4v) is 7.20. The highest BCUT2D eigenvalue weighted by Crippen LogP contribution is 2.55. The third-order valence-electron chi connectivity index (χ3n) is 8.54. The number of nitrogens with zero attached hydrogens (tertiary/aromatic N) is 1. The zero-order valence-corrected chi connectivity index (χ0v) is 27.3. The number of fused-ring (bicyclic) bond motifs is 1. The van der Waals surface area contributed by atoms with Crippen molar-refractivity contribution in [3.63, 3.8) is 0 Å². The van der Waals surface area contributed by atoms with Gasteiger partial charge in [-0.25, -0.2) is 13.7 Å². The van der Waals surface area contributed by atoms with E-state index in [9.17, 15) is 9.00 Å². The number of amides is 1. The third-order valence-corrected chi connectivity index (χ3v) is 10.2. The first-order valence-corrected chi connectivity index (χ1v) is 16.3. The van der Waals surface area contributed by atoms with Gasteiger partial charge in [-0.05, 0) is 50.5 Å². The Kier molecular flexibility index (Phi) is 8.97. The SMILES string of the molecule is C=C(C(=O)OCC)[C@@H](C)[C@]1(N[S@@](=O)C(C)(C)C)C(=O)N(C(c2ccccc2)(c2ccccc2)c2ccccc2)c2ccccc21. The Morgan fingerprint density at radius 3 is 1.73 bits per heavy atom. The van der Waals surface area contributed by atoms with Crippen molar-refractivity contribution < 1.29 is 18.5 Å². The standard InChI is InChI=1S/C38H40N2O4S/c1-7-44-34(41)27(2)28(3)37(39-45(43)36(4,5)6)32-25-17-18-26-33(32)40(35(37)42)38(29-19-11-8-12-20-29,30-21-13-9-14-22-30)31-23-15-10-16-24-31/h8-26,28,39H,2,7H2,1,3-6H3/t28-,37-,45+/m1/s1. The van der Waals surface area contributed by atoms with Crippen LogP contribution in [0.1, 0.15) is 56.9 Å². The summed E-state index contributed by atoms with van der Waals surface area (Å²) in [6, 6.07) is 37.4. The Bertz CT molecular complexity index is 1620. The van der Waals surface area contributed by atoms with Gasteiger partial charge < -0.3 is 4.74 Å². The summed E-state index contributed by atoms with van der Waals surface area (Å²) in [5.74, 6) is -1.78. The van der Waals surface area contributed by atoms with E-state index in [0.717, 1.165) is 16.7 Å². The Balaban J connectivity index is 1.90. The average Bonchev–Trinajstić information content (AvgIpc) is 3.30. The van der Waals surface area contributed by atoms with Gasteiger partial charge in [-0.1, -0.05) is 123 Å². The molecule has 0 unspecified atom stereocenters. The number of anilines is 1. The fourth-order valence-electron chi connectivity index (χ4n) is 6.23. The number of rotatable bonds is 10. The van der Waals surface area contributed by atoms with Crippen molar-refractivity contribution >= 4 is 28.5 Å². The Morgan fingerprint density at radius 2 is 1.29 bits per heavy atom. The topological polar surface area (TPSA) is 75.7 Å². The molecular formula is C38H40N2O4S. The van der Waals surface area contributed by atoms with Crippen LogP contribution in [0.5, 0.6) is 0 Å². The molecule has 3 atom stereocenters. The fraction of sp³-hybridized carbons (Fsp3) is 0.263. The van der Waals surface area contributed by atoms with Gasteiger partial charge in [0.25, 0.3) is 5.91 Å². The van der Waals surface area contributed by atoms with Crippen molar-refractivity contribution in [3.8, 4) is 0 Å². The first-order valence-electron chi connectivity index (χ1n) is 15.2. The monoisotopic (exact) mass is 620 g/mol. The lowest BCUT2D eigenvalue weighted by molar-refractivity contribution is -0.139. The van der Waals surface area contributed by atoms with E-state index in [1.807, 2.05) is 141 Å². The lowest BCUT2D eigenvalue weighted by Gasteiger charge is -2.45. The number of carbonyl (C=O) groups excluding carboxylic acids is 2. The molecule has 0 spiro atoms. The molecule has 45 heavy (non-hydrogen) atoms. The van der Waals surface area contributed by atoms with Crippen LogP contribution in [0, 0.1) is 5.92 Å². The molecular weight excluding hydrogens is 580 g/mol. The third kappa shape index (κ3) is 5.34. The van der Waals surface area contributed by atoms with Crippen LogP contribution < -0.4 is 9.62 Å². The molecule has 5 rings (SSSR count). The number of para-hydroxylation sites is 1. The Morgan fingerprint density at radius 1 is 0.844 bits per heavy atom. The maximum atomic E-state index is 15.8. The molecule has 7 heteroatoms. The lowest BCUT2D eigenvalue weighted by Crippen LogP contribution is -2.61. The van der Waals surface area contributed by atoms with Crippen LogP contribution in [0.4, 0.5) is 5.69 Å². The molecule has 1 aliphatic heterocycles. The molecule has 0 saturated carbocycles. The number of carbonyl (C=O) groups is 2. The van der Waals surface area contributed by atoms with Crippen LogP contribution >= 0.6 is 0 Å². The summed E-state index contributed by atoms with van der Waals surface area (Å²) in [6.45, 7) is 13.3. The number of hydrogen-bond acceptors (Lipinski definition) is 4. The van der Waals surface area contributed by atoms with Gasteiger partial charge in [0.05, 0.1) is 28.0 Å². The van der Waals surface area contributed by atoms with Gasteiger partial charge in [0.15, 0.2) is 0 Å². The first kappa shape index (κ1) is 32.1. The van der Waals surface area contributed by atoms with Crippen LogP contribution in [0.25, 0.3) is 0 Å². The van der Waals surface area contributed by atoms with Crippen LogP contribution in [-0.4, -0.2) is 27.4 Å². The van der Waals surface area contributed by atoms with Gasteiger partial charge in [0, 0.05) is 17.1 Å². The number of nitrogens with one attached hydrogen (secondary N) is 1. The minimum absolute atomic E-state index is 0.116. The summed E-state index contributed by atoms with van der Waals surface area (Å²) in [5.41, 5.74) is 1.21. The van der Waals surface area contributed by atoms with Gasteiger partial charge in [-0.15, -0.1) is 0 Å². The van der Waals surface area contributed by atoms with E-state index >= 15 is 4.79 Å². The van der Waals surface area contributed by atoms with Crippen molar-refractivity contribution in [1.29, 1.82) is 0 Å². The van der Waals surface area contributed by atoms with Gasteiger partial charge in [0.2, 0.25) is 0 Å². The Labute approximate surface area is 268 Å². The van der Waals surface area contributed by atoms with Gasteiger partial charge in [-0.3, -0.25) is 9.69 Å². The van der Waals surface area contributed by atoms with Gasteiger partial charge >= 0.3 is 5.97 Å². The van der Waals surface area contributed by atoms with E-state index in [2.05, 4.69) is 11.3 Å². The summed E-state index contributed by atoms with van der Waals surface area (Å²) < 4.78 is 22.0. The van der Waals surface area contributed by atoms with Crippen LogP contribution in [0.2, 0.25) is 0 Å². The normalized spacial score (nSPS) is 17.8. The second kappa shape index (κ2) is 12.6. The van der Waals surface area contributed by atoms with Gasteiger partial charge in [-0.2, -0.15) is 0 Å². The zero-order valence-electron chi connectivity index (χ0n) is 26.4. The molecule has 0 fully saturated rings. The maximum Gasteiger partial charge on any atom is 0.333 e. The summed E-state index contributed by atoms with van der Waals surface area (Å²) in [7, 11) is -1.71. The highest BCUT2D eigenvalue weighted by atomic mass is 32.2. The first-order chi connectivity index (χ1) is 21.5. The van der Waals surface area contributed by atoms with Crippen molar-refractivity contribution in [1.82, 2.24) is 4.72 Å². The highest BCUT2D eigenvalue weighted by Gasteiger charge is 2.62. The van der Waals surface area contributed by atoms with Crippen LogP contribution in [0.3, 0.4) is 0 Å². The molecule has 4 aromatic carbocycles. The summed E-state index contributed by atoms with van der Waals surface area (Å²) in [6.07, 6.45) is 0. The van der Waals surface area contributed by atoms with E-state index in [0.29, 0.717) is 11.3 Å². The average molecular weight is 621 g/mol. The van der Waals surface area contributed by atoms with Crippen molar-refractivity contribution in [2.45, 2.75) is 50.4 Å². The molecule has 1 heterocycles. The quantitative estimate of drug-likeness (QED) is 0.117. The predicted molar refractivity (Wildman–Crippen MR) is 181 cm³/mol. The number of benzene rings is 4. The minimum Gasteiger partial charge on any atom is -0.463 e. The molecule has 1 aliphatic rings. The number of esters is 1. The van der Waals surface area contributed by atoms with Crippen LogP contribution in [-0.2, 0) is 36.4 Å². The molecule has 0 saturated heterocycles. The maximum absolute atomic E-state index is 15.8. The summed E-state index contributed by atoms with van der Waals surface area (Å²) in [5, 5.41) is 0. The largest absolute Gasteiger partial charge is 0.463 e. The molecule has 1 amide bonds. The van der Waals surface area contributed by atoms with Crippen molar-refractivity contribution in [2.75, 3.05) is 11.5 Å². The molecule has 232 valence electrons. The number of hydrogen-bond donors (Lipinski definition) is 1. The second-order valence-corrected chi connectivity index (χ2v) is 14.2. The molecule has 1 N–H and O–H groups in total. The summed E-state index contributed by atoms with van der Waals surface area (Å²) in [4.78, 5) is 30.8. The molecule has 0 aliphatic carbocycles. The molecule has 4 aromatic rings. The van der Waals surface area contributed by atoms with E-state index < -0.39 is 38.7 Å². The highest BCUT2D eigenvalue weighted by molar-refractivity contribution is 7.84. The van der Waals surface area contributed by atoms with Crippen LogP contribution in [0.15, 0.2) is 127 Å². The summed E-state index contributed by atoms with van der Waals surface area (Å²) >= 11 is 0. The molecule has 6 nitrogen and oxygen atoms in total. The minimum atomic E-state index is -1.71. The smallest absolute Gasteiger partial charge is 0.333 e. The van der Waals surface area contributed by atoms with Crippen molar-refractivity contribution in [2.24, 2.45) is 5.92 Å². The van der Waals surface area contributed by atoms with E-state index in [-0.39, 0.29) is 18.1 Å². The van der Waals surface area contributed by atoms with Gasteiger partial charge in [0.1, 0.15) is 11.1 Å². The van der Waals surface area contributed by atoms with E-state index in [1.165, 1.54) is 0 Å². The molecule has 0 radical (unpaired) electrons. The second-order valence-electron chi connectivity index (χ2n) is 12.2. The zero-order chi connectivity index (χ0) is 32.4. The predicted octanol–water partition coefficient (Wildman–Crippen LogP) is 7.03. The molecule has 0 aromatic heterocycles. The lowest BCUT2D eigenvalue weighted by atomic mass is 9.74. The van der Waals surface area contributed by atoms with E-state index in [1.54, 1.807) is 13.8 Å². The number of ether oxygens (including phenoxy) is 1. The van der Waals surface area contributed by atoms with E-state index in [4.69, 9.17) is 4.74 Å². The van der Waals surface area contributed by atoms with Crippen molar-refractivity contribution in [3.05, 3.63) is 150 Å².